The zero-order valence-electron chi connectivity index (χ0n) is 33.8. The van der Waals surface area contributed by atoms with Crippen molar-refractivity contribution in [1.29, 1.82) is 0 Å². The summed E-state index contributed by atoms with van der Waals surface area (Å²) >= 11 is 1.44. The number of aryl methyl sites for hydroxylation is 1. The van der Waals surface area contributed by atoms with Crippen LogP contribution in [-0.4, -0.2) is 48.4 Å². The van der Waals surface area contributed by atoms with Crippen LogP contribution in [0.1, 0.15) is 63.1 Å². The lowest BCUT2D eigenvalue weighted by atomic mass is 9.91. The van der Waals surface area contributed by atoms with Gasteiger partial charge in [-0.25, -0.2) is 13.2 Å². The van der Waals surface area contributed by atoms with Gasteiger partial charge in [0.25, 0.3) is 0 Å². The van der Waals surface area contributed by atoms with Gasteiger partial charge in [0.05, 0.1) is 29.3 Å². The summed E-state index contributed by atoms with van der Waals surface area (Å²) in [7, 11) is -4.00. The summed E-state index contributed by atoms with van der Waals surface area (Å²) in [6.07, 6.45) is -1.21. The normalized spacial score (nSPS) is 18.3. The van der Waals surface area contributed by atoms with Gasteiger partial charge in [-0.1, -0.05) is 140 Å². The number of nitrogens with one attached hydrogen (secondary N) is 2. The number of carboxylic acids is 1. The van der Waals surface area contributed by atoms with Crippen molar-refractivity contribution in [2.24, 2.45) is 5.92 Å². The number of carbonyl (C=O) groups is 2. The maximum Gasteiger partial charge on any atom is 0.336 e. The van der Waals surface area contributed by atoms with Gasteiger partial charge in [-0.15, -0.1) is 11.8 Å². The quantitative estimate of drug-likeness (QED) is 0.0702. The standard InChI is InChI=1S/C49H48N2O8S2/c1-32-16-26-40(27-17-32)61(56,57)51-43(28-34-10-4-3-5-11-34)47(53)50-29-39-12-6-7-13-41(39)36-22-24-38(25-23-36)49-58-44(31-60-45-15-9-8-14-42(45)48(54)55)33(2)46(59-49)37-20-18-35(30-52)19-21-37/h3-27,33,43-44,46,49,51-52H,28-31H2,1-2H3,(H,50,53)(H,54,55)/t33-,43-,44+,46+,49+/m1/s1. The number of rotatable bonds is 16. The molecule has 0 saturated carbocycles. The molecule has 1 fully saturated rings. The summed E-state index contributed by atoms with van der Waals surface area (Å²) in [5, 5.41) is 22.4. The molecule has 1 aliphatic rings. The van der Waals surface area contributed by atoms with Crippen LogP contribution in [0.2, 0.25) is 0 Å². The van der Waals surface area contributed by atoms with E-state index in [2.05, 4.69) is 17.0 Å². The molecule has 0 radical (unpaired) electrons. The highest BCUT2D eigenvalue weighted by Crippen LogP contribution is 2.43. The zero-order chi connectivity index (χ0) is 42.9. The van der Waals surface area contributed by atoms with Crippen molar-refractivity contribution >= 4 is 33.7 Å². The summed E-state index contributed by atoms with van der Waals surface area (Å²) < 4.78 is 42.8. The van der Waals surface area contributed by atoms with Crippen molar-refractivity contribution < 1.29 is 37.7 Å². The maximum absolute atomic E-state index is 13.8. The number of carbonyl (C=O) groups excluding carboxylic acids is 1. The van der Waals surface area contributed by atoms with Crippen LogP contribution >= 0.6 is 11.8 Å². The second-order valence-corrected chi connectivity index (χ2v) is 17.9. The van der Waals surface area contributed by atoms with E-state index in [-0.39, 0.29) is 48.2 Å². The summed E-state index contributed by atoms with van der Waals surface area (Å²) in [5.74, 6) is -1.04. The highest BCUT2D eigenvalue weighted by atomic mass is 32.2. The Hall–Kier alpha value is -5.60. The first kappa shape index (κ1) is 43.5. The van der Waals surface area contributed by atoms with Gasteiger partial charge < -0.3 is 25.0 Å². The smallest absolute Gasteiger partial charge is 0.336 e. The van der Waals surface area contributed by atoms with Crippen LogP contribution in [0.5, 0.6) is 0 Å². The van der Waals surface area contributed by atoms with Crippen LogP contribution in [0.4, 0.5) is 0 Å². The van der Waals surface area contributed by atoms with Gasteiger partial charge in [0.15, 0.2) is 6.29 Å². The zero-order valence-corrected chi connectivity index (χ0v) is 35.4. The van der Waals surface area contributed by atoms with Gasteiger partial charge in [0, 0.05) is 28.7 Å². The van der Waals surface area contributed by atoms with Gasteiger partial charge >= 0.3 is 5.97 Å². The first-order chi connectivity index (χ1) is 29.5. The van der Waals surface area contributed by atoms with E-state index in [9.17, 15) is 28.2 Å². The number of hydrogen-bond donors (Lipinski definition) is 4. The van der Waals surface area contributed by atoms with Gasteiger partial charge in [-0.2, -0.15) is 4.72 Å². The second-order valence-electron chi connectivity index (χ2n) is 15.1. The number of benzene rings is 6. The average Bonchev–Trinajstić information content (AvgIpc) is 3.28. The highest BCUT2D eigenvalue weighted by Gasteiger charge is 2.38. The number of aliphatic hydroxyl groups excluding tert-OH is 1. The van der Waals surface area contributed by atoms with Crippen molar-refractivity contribution in [3.63, 3.8) is 0 Å². The van der Waals surface area contributed by atoms with E-state index in [0.29, 0.717) is 10.6 Å². The molecule has 314 valence electrons. The molecule has 0 aromatic heterocycles. The SMILES string of the molecule is Cc1ccc(S(=O)(=O)N[C@H](Cc2ccccc2)C(=O)NCc2ccccc2-c2ccc([C@H]3O[C@@H](CSc4ccccc4C(=O)O)[C@@H](C)[C@@H](c4ccc(CO)cc4)O3)cc2)cc1. The highest BCUT2D eigenvalue weighted by molar-refractivity contribution is 7.99. The Kier molecular flexibility index (Phi) is 14.2. The molecule has 0 unspecified atom stereocenters. The minimum atomic E-state index is -4.00. The van der Waals surface area contributed by atoms with Gasteiger partial charge in [-0.3, -0.25) is 4.79 Å². The molecule has 7 rings (SSSR count). The number of aromatic carboxylic acids is 1. The molecule has 1 aliphatic heterocycles. The van der Waals surface area contributed by atoms with Gasteiger partial charge in [0.2, 0.25) is 15.9 Å². The van der Waals surface area contributed by atoms with Crippen LogP contribution in [0.25, 0.3) is 11.1 Å². The molecule has 6 aromatic carbocycles. The van der Waals surface area contributed by atoms with E-state index in [1.807, 2.05) is 116 Å². The third-order valence-corrected chi connectivity index (χ3v) is 13.5. The number of hydrogen-bond acceptors (Lipinski definition) is 8. The van der Waals surface area contributed by atoms with E-state index < -0.39 is 34.2 Å². The Morgan fingerprint density at radius 3 is 2.11 bits per heavy atom. The molecule has 1 amide bonds. The van der Waals surface area contributed by atoms with Crippen molar-refractivity contribution in [1.82, 2.24) is 10.0 Å². The minimum absolute atomic E-state index is 0.0674. The number of ether oxygens (including phenoxy) is 2. The van der Waals surface area contributed by atoms with E-state index in [1.165, 1.54) is 23.9 Å². The third-order valence-electron chi connectivity index (χ3n) is 10.8. The molecular formula is C49H48N2O8S2. The van der Waals surface area contributed by atoms with E-state index >= 15 is 0 Å². The lowest BCUT2D eigenvalue weighted by molar-refractivity contribution is -0.268. The van der Waals surface area contributed by atoms with E-state index in [1.54, 1.807) is 30.3 Å². The number of amides is 1. The molecule has 5 atom stereocenters. The lowest BCUT2D eigenvalue weighted by Gasteiger charge is -2.41. The van der Waals surface area contributed by atoms with Gasteiger partial charge in [-0.05, 0) is 71.0 Å². The summed E-state index contributed by atoms with van der Waals surface area (Å²) in [6.45, 7) is 4.03. The fourth-order valence-electron chi connectivity index (χ4n) is 7.34. The van der Waals surface area contributed by atoms with Crippen molar-refractivity contribution in [2.45, 2.75) is 67.8 Å². The van der Waals surface area contributed by atoms with Crippen LogP contribution in [0.3, 0.4) is 0 Å². The molecule has 0 aliphatic carbocycles. The van der Waals surface area contributed by atoms with E-state index in [0.717, 1.165) is 44.5 Å². The van der Waals surface area contributed by atoms with E-state index in [4.69, 9.17) is 9.47 Å². The predicted molar refractivity (Wildman–Crippen MR) is 236 cm³/mol. The molecular weight excluding hydrogens is 809 g/mol. The lowest BCUT2D eigenvalue weighted by Crippen LogP contribution is -2.47. The van der Waals surface area contributed by atoms with Crippen LogP contribution in [-0.2, 0) is 43.9 Å². The topological polar surface area (TPSA) is 151 Å². The molecule has 1 heterocycles. The maximum atomic E-state index is 13.8. The van der Waals surface area contributed by atoms with Crippen molar-refractivity contribution in [3.05, 3.63) is 191 Å². The van der Waals surface area contributed by atoms with Crippen LogP contribution in [0, 0.1) is 12.8 Å². The number of aliphatic hydroxyl groups is 1. The molecule has 4 N–H and O–H groups in total. The number of thioether (sulfide) groups is 1. The second kappa shape index (κ2) is 19.9. The van der Waals surface area contributed by atoms with Crippen LogP contribution < -0.4 is 10.0 Å². The van der Waals surface area contributed by atoms with Gasteiger partial charge in [0.1, 0.15) is 6.04 Å². The predicted octanol–water partition coefficient (Wildman–Crippen LogP) is 8.64. The van der Waals surface area contributed by atoms with Crippen molar-refractivity contribution in [2.75, 3.05) is 5.75 Å². The molecule has 0 bridgehead atoms. The summed E-state index contributed by atoms with van der Waals surface area (Å²) in [4.78, 5) is 26.5. The monoisotopic (exact) mass is 856 g/mol. The Morgan fingerprint density at radius 1 is 0.754 bits per heavy atom. The molecule has 6 aromatic rings. The summed E-state index contributed by atoms with van der Waals surface area (Å²) in [6, 6.07) is 44.9. The Morgan fingerprint density at radius 2 is 1.41 bits per heavy atom. The van der Waals surface area contributed by atoms with Crippen LogP contribution in [0.15, 0.2) is 161 Å². The number of carboxylic acid groups (broad SMARTS) is 1. The third kappa shape index (κ3) is 10.8. The first-order valence-corrected chi connectivity index (χ1v) is 22.5. The summed E-state index contributed by atoms with van der Waals surface area (Å²) in [5.41, 5.74) is 7.14. The minimum Gasteiger partial charge on any atom is -0.478 e. The Bertz CT molecular complexity index is 2530. The fourth-order valence-corrected chi connectivity index (χ4v) is 9.75. The van der Waals surface area contributed by atoms with Crippen molar-refractivity contribution in [3.8, 4) is 11.1 Å². The molecule has 0 spiro atoms. The first-order valence-electron chi connectivity index (χ1n) is 20.0. The molecule has 1 saturated heterocycles. The average molecular weight is 857 g/mol. The molecule has 61 heavy (non-hydrogen) atoms. The largest absolute Gasteiger partial charge is 0.478 e. The molecule has 10 nitrogen and oxygen atoms in total. The molecule has 12 heteroatoms. The fraction of sp³-hybridized carbons (Fsp3) is 0.224. The number of sulfonamides is 1. The Balaban J connectivity index is 1.09. The Labute approximate surface area is 361 Å².